The molecular formula is C13H18N4. The maximum atomic E-state index is 4.53. The smallest absolute Gasteiger partial charge is 0.0858 e. The van der Waals surface area contributed by atoms with Crippen molar-refractivity contribution in [1.29, 1.82) is 0 Å². The Labute approximate surface area is 102 Å². The van der Waals surface area contributed by atoms with Crippen LogP contribution in [0.4, 0.5) is 0 Å². The van der Waals surface area contributed by atoms with Gasteiger partial charge in [-0.1, -0.05) is 6.92 Å². The largest absolute Gasteiger partial charge is 0.311 e. The Balaban J connectivity index is 2.10. The van der Waals surface area contributed by atoms with Crippen LogP contribution >= 0.6 is 0 Å². The highest BCUT2D eigenvalue weighted by atomic mass is 15.3. The highest BCUT2D eigenvalue weighted by molar-refractivity contribution is 5.34. The average molecular weight is 230 g/mol. The second-order valence-corrected chi connectivity index (χ2v) is 4.04. The van der Waals surface area contributed by atoms with Gasteiger partial charge in [0.2, 0.25) is 0 Å². The van der Waals surface area contributed by atoms with E-state index >= 15 is 0 Å². The predicted octanol–water partition coefficient (Wildman–Crippen LogP) is 2.08. The molecular weight excluding hydrogens is 212 g/mol. The van der Waals surface area contributed by atoms with E-state index in [9.17, 15) is 0 Å². The second kappa shape index (κ2) is 5.59. The Hall–Kier alpha value is -1.68. The van der Waals surface area contributed by atoms with Crippen molar-refractivity contribution < 1.29 is 0 Å². The van der Waals surface area contributed by atoms with Gasteiger partial charge in [0.1, 0.15) is 0 Å². The summed E-state index contributed by atoms with van der Waals surface area (Å²) in [5.74, 6) is 0. The highest BCUT2D eigenvalue weighted by Gasteiger charge is 2.03. The normalized spacial score (nSPS) is 10.7. The molecule has 2 heterocycles. The molecule has 4 heteroatoms. The Kier molecular flexibility index (Phi) is 3.88. The lowest BCUT2D eigenvalue weighted by Gasteiger charge is -2.04. The molecule has 0 saturated heterocycles. The standard InChI is InChI=1S/C13H18N4/c1-3-7-14-10-12-6-9-17(16-12)13-5-4-8-15-11(13)2/h4-6,8-9,14H,3,7,10H2,1-2H3. The van der Waals surface area contributed by atoms with E-state index in [1.165, 1.54) is 0 Å². The van der Waals surface area contributed by atoms with Crippen LogP contribution in [0.1, 0.15) is 24.7 Å². The van der Waals surface area contributed by atoms with Crippen molar-refractivity contribution in [2.75, 3.05) is 6.54 Å². The minimum absolute atomic E-state index is 0.820. The van der Waals surface area contributed by atoms with Gasteiger partial charge in [0, 0.05) is 18.9 Å². The summed E-state index contributed by atoms with van der Waals surface area (Å²) in [7, 11) is 0. The van der Waals surface area contributed by atoms with Crippen molar-refractivity contribution in [3.8, 4) is 5.69 Å². The monoisotopic (exact) mass is 230 g/mol. The number of hydrogen-bond acceptors (Lipinski definition) is 3. The van der Waals surface area contributed by atoms with E-state index in [2.05, 4.69) is 22.3 Å². The molecule has 0 atom stereocenters. The van der Waals surface area contributed by atoms with Crippen LogP contribution in [0.3, 0.4) is 0 Å². The van der Waals surface area contributed by atoms with Crippen molar-refractivity contribution in [3.05, 3.63) is 42.0 Å². The zero-order valence-corrected chi connectivity index (χ0v) is 10.3. The Morgan fingerprint density at radius 1 is 1.35 bits per heavy atom. The topological polar surface area (TPSA) is 42.7 Å². The van der Waals surface area contributed by atoms with Crippen LogP contribution in [0.2, 0.25) is 0 Å². The third kappa shape index (κ3) is 2.91. The summed E-state index contributed by atoms with van der Waals surface area (Å²) in [4.78, 5) is 4.26. The van der Waals surface area contributed by atoms with Gasteiger partial charge in [-0.05, 0) is 38.1 Å². The van der Waals surface area contributed by atoms with Gasteiger partial charge in [0.05, 0.1) is 17.1 Å². The second-order valence-electron chi connectivity index (χ2n) is 4.04. The minimum Gasteiger partial charge on any atom is -0.311 e. The van der Waals surface area contributed by atoms with Gasteiger partial charge in [-0.15, -0.1) is 0 Å². The fourth-order valence-corrected chi connectivity index (χ4v) is 1.70. The van der Waals surface area contributed by atoms with Crippen LogP contribution in [0.15, 0.2) is 30.6 Å². The van der Waals surface area contributed by atoms with Crippen molar-refractivity contribution >= 4 is 0 Å². The number of pyridine rings is 1. The molecule has 0 aliphatic rings. The molecule has 0 unspecified atom stereocenters. The number of aryl methyl sites for hydroxylation is 1. The van der Waals surface area contributed by atoms with Gasteiger partial charge in [-0.25, -0.2) is 4.68 Å². The molecule has 2 rings (SSSR count). The molecule has 0 saturated carbocycles. The lowest BCUT2D eigenvalue weighted by atomic mass is 10.3. The van der Waals surface area contributed by atoms with Crippen LogP contribution in [-0.4, -0.2) is 21.3 Å². The predicted molar refractivity (Wildman–Crippen MR) is 68.1 cm³/mol. The maximum absolute atomic E-state index is 4.53. The molecule has 0 fully saturated rings. The van der Waals surface area contributed by atoms with Crippen molar-refractivity contribution in [2.45, 2.75) is 26.8 Å². The molecule has 2 aromatic rings. The van der Waals surface area contributed by atoms with E-state index < -0.39 is 0 Å². The molecule has 90 valence electrons. The molecule has 2 aromatic heterocycles. The van der Waals surface area contributed by atoms with Gasteiger partial charge in [-0.3, -0.25) is 4.98 Å². The first-order valence-corrected chi connectivity index (χ1v) is 5.98. The molecule has 0 aliphatic heterocycles. The zero-order valence-electron chi connectivity index (χ0n) is 10.3. The molecule has 0 amide bonds. The third-order valence-electron chi connectivity index (χ3n) is 2.60. The Morgan fingerprint density at radius 2 is 2.24 bits per heavy atom. The van der Waals surface area contributed by atoms with Gasteiger partial charge >= 0.3 is 0 Å². The van der Waals surface area contributed by atoms with E-state index in [4.69, 9.17) is 0 Å². The molecule has 1 N–H and O–H groups in total. The number of aromatic nitrogens is 3. The first-order chi connectivity index (χ1) is 8.31. The zero-order chi connectivity index (χ0) is 12.1. The van der Waals surface area contributed by atoms with Gasteiger partial charge < -0.3 is 5.32 Å². The molecule has 0 bridgehead atoms. The summed E-state index contributed by atoms with van der Waals surface area (Å²) in [5.41, 5.74) is 3.08. The lowest BCUT2D eigenvalue weighted by molar-refractivity contribution is 0.656. The summed E-state index contributed by atoms with van der Waals surface area (Å²) in [6.07, 6.45) is 4.92. The van der Waals surface area contributed by atoms with Crippen LogP contribution < -0.4 is 5.32 Å². The van der Waals surface area contributed by atoms with E-state index in [-0.39, 0.29) is 0 Å². The summed E-state index contributed by atoms with van der Waals surface area (Å²) in [6.45, 7) is 6.00. The minimum atomic E-state index is 0.820. The van der Waals surface area contributed by atoms with Crippen LogP contribution in [0.5, 0.6) is 0 Å². The maximum Gasteiger partial charge on any atom is 0.0858 e. The van der Waals surface area contributed by atoms with E-state index in [1.54, 1.807) is 6.20 Å². The lowest BCUT2D eigenvalue weighted by Crippen LogP contribution is -2.14. The van der Waals surface area contributed by atoms with E-state index in [0.29, 0.717) is 0 Å². The first-order valence-electron chi connectivity index (χ1n) is 5.98. The molecule has 0 aromatic carbocycles. The SMILES string of the molecule is CCCNCc1ccn(-c2cccnc2C)n1. The summed E-state index contributed by atoms with van der Waals surface area (Å²) >= 11 is 0. The summed E-state index contributed by atoms with van der Waals surface area (Å²) in [6, 6.07) is 5.99. The fourth-order valence-electron chi connectivity index (χ4n) is 1.70. The fraction of sp³-hybridized carbons (Fsp3) is 0.385. The molecule has 0 spiro atoms. The van der Waals surface area contributed by atoms with Crippen LogP contribution in [0, 0.1) is 6.92 Å². The van der Waals surface area contributed by atoms with Crippen molar-refractivity contribution in [1.82, 2.24) is 20.1 Å². The number of rotatable bonds is 5. The third-order valence-corrected chi connectivity index (χ3v) is 2.60. The first kappa shape index (κ1) is 11.8. The Bertz CT molecular complexity index is 476. The number of hydrogen-bond donors (Lipinski definition) is 1. The van der Waals surface area contributed by atoms with Gasteiger partial charge in [0.25, 0.3) is 0 Å². The average Bonchev–Trinajstić information content (AvgIpc) is 2.79. The molecule has 0 aliphatic carbocycles. The van der Waals surface area contributed by atoms with Crippen LogP contribution in [0.25, 0.3) is 5.69 Å². The van der Waals surface area contributed by atoms with E-state index in [1.807, 2.05) is 36.0 Å². The summed E-state index contributed by atoms with van der Waals surface area (Å²) in [5, 5.41) is 7.87. The van der Waals surface area contributed by atoms with Gasteiger partial charge in [0.15, 0.2) is 0 Å². The quantitative estimate of drug-likeness (QED) is 0.800. The van der Waals surface area contributed by atoms with Crippen LogP contribution in [-0.2, 0) is 6.54 Å². The number of nitrogens with zero attached hydrogens (tertiary/aromatic N) is 3. The Morgan fingerprint density at radius 3 is 3.00 bits per heavy atom. The number of nitrogens with one attached hydrogen (secondary N) is 1. The highest BCUT2D eigenvalue weighted by Crippen LogP contribution is 2.10. The van der Waals surface area contributed by atoms with E-state index in [0.717, 1.165) is 36.6 Å². The van der Waals surface area contributed by atoms with Crippen molar-refractivity contribution in [3.63, 3.8) is 0 Å². The summed E-state index contributed by atoms with van der Waals surface area (Å²) < 4.78 is 1.88. The molecule has 0 radical (unpaired) electrons. The molecule has 4 nitrogen and oxygen atoms in total. The molecule has 17 heavy (non-hydrogen) atoms. The van der Waals surface area contributed by atoms with Gasteiger partial charge in [-0.2, -0.15) is 5.10 Å². The van der Waals surface area contributed by atoms with Crippen molar-refractivity contribution in [2.24, 2.45) is 0 Å².